The molecule has 128 valence electrons. The van der Waals surface area contributed by atoms with E-state index < -0.39 is 0 Å². The van der Waals surface area contributed by atoms with Gasteiger partial charge in [0.05, 0.1) is 17.7 Å². The van der Waals surface area contributed by atoms with E-state index in [-0.39, 0.29) is 11.5 Å². The van der Waals surface area contributed by atoms with E-state index in [1.807, 2.05) is 20.8 Å². The van der Waals surface area contributed by atoms with Crippen LogP contribution in [0, 0.1) is 0 Å². The largest absolute Gasteiger partial charge is 0.377 e. The number of guanidine groups is 1. The number of nitrogens with one attached hydrogen (secondary N) is 3. The molecule has 0 aliphatic carbocycles. The van der Waals surface area contributed by atoms with E-state index in [0.29, 0.717) is 31.2 Å². The molecule has 0 aliphatic rings. The van der Waals surface area contributed by atoms with Gasteiger partial charge in [-0.05, 0) is 32.9 Å². The van der Waals surface area contributed by atoms with Crippen LogP contribution < -0.4 is 16.0 Å². The van der Waals surface area contributed by atoms with E-state index in [9.17, 15) is 4.79 Å². The molecule has 0 atom stereocenters. The number of ether oxygens (including phenoxy) is 1. The molecule has 0 radical (unpaired) electrons. The van der Waals surface area contributed by atoms with Gasteiger partial charge in [0.1, 0.15) is 0 Å². The lowest BCUT2D eigenvalue weighted by Crippen LogP contribution is -2.42. The quantitative estimate of drug-likeness (QED) is 0.374. The number of amides is 1. The summed E-state index contributed by atoms with van der Waals surface area (Å²) in [5, 5.41) is 9.17. The minimum Gasteiger partial charge on any atom is -0.377 e. The van der Waals surface area contributed by atoms with Crippen molar-refractivity contribution in [3.63, 3.8) is 0 Å². The molecule has 1 aromatic rings. The lowest BCUT2D eigenvalue weighted by atomic mass is 10.1. The van der Waals surface area contributed by atoms with E-state index in [1.165, 1.54) is 0 Å². The summed E-state index contributed by atoms with van der Waals surface area (Å²) in [7, 11) is 1.67. The second kappa shape index (κ2) is 9.78. The molecule has 0 saturated carbocycles. The SMILES string of the molecule is CCNC(=NCC(C)(C)OC)NCCNC(=O)c1cccnc1. The van der Waals surface area contributed by atoms with Crippen LogP contribution in [-0.4, -0.2) is 55.7 Å². The van der Waals surface area contributed by atoms with Crippen LogP contribution in [0.25, 0.3) is 0 Å². The number of carbonyl (C=O) groups is 1. The van der Waals surface area contributed by atoms with Crippen LogP contribution in [0.2, 0.25) is 0 Å². The average Bonchev–Trinajstić information content (AvgIpc) is 2.57. The number of methoxy groups -OCH3 is 1. The van der Waals surface area contributed by atoms with Crippen LogP contribution in [0.4, 0.5) is 0 Å². The van der Waals surface area contributed by atoms with Gasteiger partial charge >= 0.3 is 0 Å². The van der Waals surface area contributed by atoms with Crippen molar-refractivity contribution in [3.05, 3.63) is 30.1 Å². The normalized spacial score (nSPS) is 11.9. The highest BCUT2D eigenvalue weighted by molar-refractivity contribution is 5.93. The number of hydrogen-bond acceptors (Lipinski definition) is 4. The molecule has 1 heterocycles. The van der Waals surface area contributed by atoms with Gasteiger partial charge in [-0.25, -0.2) is 0 Å². The van der Waals surface area contributed by atoms with Gasteiger partial charge in [0.15, 0.2) is 5.96 Å². The van der Waals surface area contributed by atoms with Crippen molar-refractivity contribution in [2.45, 2.75) is 26.4 Å². The Hall–Kier alpha value is -2.15. The lowest BCUT2D eigenvalue weighted by molar-refractivity contribution is 0.0310. The number of pyridine rings is 1. The first kappa shape index (κ1) is 18.9. The Balaban J connectivity index is 2.38. The average molecular weight is 321 g/mol. The summed E-state index contributed by atoms with van der Waals surface area (Å²) in [6.45, 7) is 8.34. The molecule has 0 fully saturated rings. The van der Waals surface area contributed by atoms with Gasteiger partial charge in [-0.3, -0.25) is 14.8 Å². The third kappa shape index (κ3) is 7.60. The van der Waals surface area contributed by atoms with Gasteiger partial charge in [-0.1, -0.05) is 0 Å². The number of rotatable bonds is 8. The summed E-state index contributed by atoms with van der Waals surface area (Å²) in [4.78, 5) is 20.3. The zero-order chi connectivity index (χ0) is 17.1. The fraction of sp³-hybridized carbons (Fsp3) is 0.562. The minimum atomic E-state index is -0.309. The number of hydrogen-bond donors (Lipinski definition) is 3. The first-order valence-electron chi connectivity index (χ1n) is 7.74. The molecule has 0 bridgehead atoms. The first-order valence-corrected chi connectivity index (χ1v) is 7.74. The van der Waals surface area contributed by atoms with Crippen LogP contribution in [0.1, 0.15) is 31.1 Å². The fourth-order valence-electron chi connectivity index (χ4n) is 1.63. The van der Waals surface area contributed by atoms with Crippen molar-refractivity contribution in [3.8, 4) is 0 Å². The molecule has 1 aromatic heterocycles. The maximum atomic E-state index is 11.9. The third-order valence-electron chi connectivity index (χ3n) is 3.14. The van der Waals surface area contributed by atoms with E-state index in [1.54, 1.807) is 31.6 Å². The molecule has 3 N–H and O–H groups in total. The second-order valence-electron chi connectivity index (χ2n) is 5.58. The Labute approximate surface area is 137 Å². The smallest absolute Gasteiger partial charge is 0.252 e. The molecule has 1 rings (SSSR count). The predicted molar refractivity (Wildman–Crippen MR) is 91.6 cm³/mol. The topological polar surface area (TPSA) is 87.6 Å². The Morgan fingerprint density at radius 1 is 1.30 bits per heavy atom. The van der Waals surface area contributed by atoms with Gasteiger partial charge in [-0.15, -0.1) is 0 Å². The summed E-state index contributed by atoms with van der Waals surface area (Å²) in [6.07, 6.45) is 3.18. The number of aliphatic imine (C=N–C) groups is 1. The number of aromatic nitrogens is 1. The predicted octanol–water partition coefficient (Wildman–Crippen LogP) is 0.792. The van der Waals surface area contributed by atoms with Gasteiger partial charge in [-0.2, -0.15) is 0 Å². The third-order valence-corrected chi connectivity index (χ3v) is 3.14. The molecule has 0 spiro atoms. The maximum Gasteiger partial charge on any atom is 0.252 e. The molecule has 0 aliphatic heterocycles. The molecule has 7 nitrogen and oxygen atoms in total. The molecular weight excluding hydrogens is 294 g/mol. The standard InChI is InChI=1S/C16H27N5O2/c1-5-18-15(21-12-16(2,3)23-4)20-10-9-19-14(22)13-7-6-8-17-11-13/h6-8,11H,5,9-10,12H2,1-4H3,(H,19,22)(H2,18,20,21). The van der Waals surface area contributed by atoms with Gasteiger partial charge in [0, 0.05) is 39.1 Å². The highest BCUT2D eigenvalue weighted by Gasteiger charge is 2.15. The highest BCUT2D eigenvalue weighted by atomic mass is 16.5. The van der Waals surface area contributed by atoms with Crippen molar-refractivity contribution in [2.24, 2.45) is 4.99 Å². The zero-order valence-electron chi connectivity index (χ0n) is 14.3. The van der Waals surface area contributed by atoms with Crippen molar-refractivity contribution in [2.75, 3.05) is 33.3 Å². The van der Waals surface area contributed by atoms with Crippen LogP contribution in [0.3, 0.4) is 0 Å². The summed E-state index contributed by atoms with van der Waals surface area (Å²) in [6, 6.07) is 3.47. The van der Waals surface area contributed by atoms with Crippen LogP contribution in [0.15, 0.2) is 29.5 Å². The highest BCUT2D eigenvalue weighted by Crippen LogP contribution is 2.06. The Bertz CT molecular complexity index is 502. The molecule has 7 heteroatoms. The monoisotopic (exact) mass is 321 g/mol. The van der Waals surface area contributed by atoms with Crippen molar-refractivity contribution in [1.82, 2.24) is 20.9 Å². The van der Waals surface area contributed by atoms with Gasteiger partial charge in [0.25, 0.3) is 5.91 Å². The lowest BCUT2D eigenvalue weighted by Gasteiger charge is -2.21. The minimum absolute atomic E-state index is 0.137. The molecular formula is C16H27N5O2. The number of carbonyl (C=O) groups excluding carboxylic acids is 1. The van der Waals surface area contributed by atoms with Gasteiger partial charge in [0.2, 0.25) is 0 Å². The van der Waals surface area contributed by atoms with Crippen molar-refractivity contribution < 1.29 is 9.53 Å². The molecule has 23 heavy (non-hydrogen) atoms. The molecule has 0 saturated heterocycles. The van der Waals surface area contributed by atoms with Crippen LogP contribution >= 0.6 is 0 Å². The van der Waals surface area contributed by atoms with Crippen LogP contribution in [-0.2, 0) is 4.74 Å². The van der Waals surface area contributed by atoms with Crippen molar-refractivity contribution >= 4 is 11.9 Å². The van der Waals surface area contributed by atoms with Gasteiger partial charge < -0.3 is 20.7 Å². The molecule has 0 aromatic carbocycles. The number of nitrogens with zero attached hydrogens (tertiary/aromatic N) is 2. The molecule has 0 unspecified atom stereocenters. The Morgan fingerprint density at radius 2 is 2.04 bits per heavy atom. The molecule has 1 amide bonds. The van der Waals surface area contributed by atoms with Crippen molar-refractivity contribution in [1.29, 1.82) is 0 Å². The summed E-state index contributed by atoms with van der Waals surface area (Å²) in [5.74, 6) is 0.565. The Morgan fingerprint density at radius 3 is 2.65 bits per heavy atom. The van der Waals surface area contributed by atoms with E-state index in [2.05, 4.69) is 25.9 Å². The van der Waals surface area contributed by atoms with E-state index in [4.69, 9.17) is 4.74 Å². The van der Waals surface area contributed by atoms with Crippen LogP contribution in [0.5, 0.6) is 0 Å². The Kier molecular flexibility index (Phi) is 8.04. The summed E-state index contributed by atoms with van der Waals surface area (Å²) >= 11 is 0. The maximum absolute atomic E-state index is 11.9. The summed E-state index contributed by atoms with van der Waals surface area (Å²) in [5.41, 5.74) is 0.242. The zero-order valence-corrected chi connectivity index (χ0v) is 14.3. The van der Waals surface area contributed by atoms with E-state index >= 15 is 0 Å². The second-order valence-corrected chi connectivity index (χ2v) is 5.58. The van der Waals surface area contributed by atoms with E-state index in [0.717, 1.165) is 6.54 Å². The summed E-state index contributed by atoms with van der Waals surface area (Å²) < 4.78 is 5.35. The fourth-order valence-corrected chi connectivity index (χ4v) is 1.63. The first-order chi connectivity index (χ1) is 11.0.